The topological polar surface area (TPSA) is 26.1 Å². The van der Waals surface area contributed by atoms with E-state index in [0.717, 1.165) is 49.5 Å². The minimum atomic E-state index is 0. The fourth-order valence-electron chi connectivity index (χ4n) is 5.64. The molecule has 0 bridgehead atoms. The standard InChI is InChI=1S/C35H36N4S.HI/c1-4-38(5-2)21-12-22-39-33-17-10-11-18-34(33)40-35(39)25-27-24-29(37(3)32-16-9-7-14-30(27)32)20-19-28-23-26-13-6-8-15-31(26)36-28;/h6-11,13-20,23-25H,4-5,12,21-22H2,1-3H3;1H/b35-25-;. The highest BCUT2D eigenvalue weighted by atomic mass is 127. The lowest BCUT2D eigenvalue weighted by molar-refractivity contribution is -0.646. The molecule has 1 aliphatic heterocycles. The molecule has 0 aliphatic carbocycles. The number of aromatic amines is 1. The molecule has 0 saturated heterocycles. The van der Waals surface area contributed by atoms with E-state index < -0.39 is 0 Å². The van der Waals surface area contributed by atoms with Crippen LogP contribution in [-0.2, 0) is 7.05 Å². The van der Waals surface area contributed by atoms with Crippen LogP contribution in [0.2, 0.25) is 0 Å². The van der Waals surface area contributed by atoms with Gasteiger partial charge in [-0.1, -0.05) is 68.1 Å². The molecule has 0 fully saturated rings. The van der Waals surface area contributed by atoms with Crippen molar-refractivity contribution in [2.45, 2.75) is 25.2 Å². The number of H-pyrrole nitrogens is 1. The number of benzene rings is 3. The van der Waals surface area contributed by atoms with Crippen LogP contribution in [0, 0.1) is 0 Å². The number of fused-ring (bicyclic) bond motifs is 3. The van der Waals surface area contributed by atoms with Gasteiger partial charge in [-0.2, -0.15) is 4.57 Å². The van der Waals surface area contributed by atoms with Gasteiger partial charge in [0.2, 0.25) is 11.2 Å². The third-order valence-corrected chi connectivity index (χ3v) is 9.03. The van der Waals surface area contributed by atoms with E-state index in [1.165, 1.54) is 37.5 Å². The van der Waals surface area contributed by atoms with Crippen molar-refractivity contribution in [3.63, 3.8) is 0 Å². The third-order valence-electron chi connectivity index (χ3n) is 7.92. The third kappa shape index (κ3) is 6.25. The van der Waals surface area contributed by atoms with E-state index in [9.17, 15) is 0 Å². The predicted octanol–water partition coefficient (Wildman–Crippen LogP) is 4.96. The zero-order valence-electron chi connectivity index (χ0n) is 24.0. The number of aromatic nitrogens is 2. The molecule has 1 aliphatic rings. The van der Waals surface area contributed by atoms with E-state index in [-0.39, 0.29) is 24.0 Å². The lowest BCUT2D eigenvalue weighted by Gasteiger charge is -2.23. The minimum Gasteiger partial charge on any atom is -1.00 e. The maximum absolute atomic E-state index is 3.53. The van der Waals surface area contributed by atoms with Gasteiger partial charge < -0.3 is 38.8 Å². The highest BCUT2D eigenvalue weighted by molar-refractivity contribution is 8.03. The maximum atomic E-state index is 3.53. The van der Waals surface area contributed by atoms with Crippen molar-refractivity contribution < 1.29 is 28.5 Å². The summed E-state index contributed by atoms with van der Waals surface area (Å²) in [6.45, 7) is 8.84. The van der Waals surface area contributed by atoms with Crippen LogP contribution in [0.25, 0.3) is 40.0 Å². The largest absolute Gasteiger partial charge is 1.00 e. The van der Waals surface area contributed by atoms with Gasteiger partial charge in [-0.15, -0.1) is 0 Å². The normalized spacial score (nSPS) is 14.0. The number of anilines is 1. The van der Waals surface area contributed by atoms with E-state index in [1.807, 2.05) is 11.8 Å². The van der Waals surface area contributed by atoms with Crippen molar-refractivity contribution >= 4 is 57.5 Å². The smallest absolute Gasteiger partial charge is 0.213 e. The molecule has 0 atom stereocenters. The summed E-state index contributed by atoms with van der Waals surface area (Å²) in [6.07, 6.45) is 7.93. The van der Waals surface area contributed by atoms with Crippen LogP contribution in [0.15, 0.2) is 94.9 Å². The number of pyridine rings is 1. The molecule has 6 rings (SSSR count). The van der Waals surface area contributed by atoms with Crippen molar-refractivity contribution in [3.05, 3.63) is 107 Å². The Kier molecular flexibility index (Phi) is 9.53. The molecule has 210 valence electrons. The first-order chi connectivity index (χ1) is 19.6. The highest BCUT2D eigenvalue weighted by Crippen LogP contribution is 2.46. The fraction of sp³-hybridized carbons (Fsp3) is 0.229. The number of nitrogens with zero attached hydrogens (tertiary/aromatic N) is 3. The summed E-state index contributed by atoms with van der Waals surface area (Å²) in [5.41, 5.74) is 7.22. The summed E-state index contributed by atoms with van der Waals surface area (Å²) >= 11 is 1.88. The van der Waals surface area contributed by atoms with Gasteiger partial charge in [0.05, 0.1) is 16.1 Å². The first-order valence-corrected chi connectivity index (χ1v) is 15.1. The number of thioether (sulfide) groups is 1. The van der Waals surface area contributed by atoms with E-state index >= 15 is 0 Å². The van der Waals surface area contributed by atoms with E-state index in [2.05, 4.69) is 143 Å². The van der Waals surface area contributed by atoms with Gasteiger partial charge in [-0.05, 0) is 79.5 Å². The molecule has 41 heavy (non-hydrogen) atoms. The van der Waals surface area contributed by atoms with Crippen LogP contribution in [0.5, 0.6) is 0 Å². The monoisotopic (exact) mass is 672 g/mol. The zero-order chi connectivity index (χ0) is 27.5. The number of para-hydroxylation sites is 3. The Morgan fingerprint density at radius 1 is 0.902 bits per heavy atom. The lowest BCUT2D eigenvalue weighted by atomic mass is 10.1. The Hall–Kier alpha value is -3.07. The van der Waals surface area contributed by atoms with Gasteiger partial charge in [0.1, 0.15) is 7.05 Å². The van der Waals surface area contributed by atoms with Crippen molar-refractivity contribution in [2.24, 2.45) is 7.05 Å². The molecule has 3 heterocycles. The summed E-state index contributed by atoms with van der Waals surface area (Å²) in [4.78, 5) is 9.89. The number of aryl methyl sites for hydroxylation is 1. The molecule has 5 aromatic rings. The van der Waals surface area contributed by atoms with E-state index in [1.54, 1.807) is 0 Å². The number of rotatable bonds is 9. The number of hydrogen-bond donors (Lipinski definition) is 1. The second-order valence-corrected chi connectivity index (χ2v) is 11.4. The summed E-state index contributed by atoms with van der Waals surface area (Å²) in [7, 11) is 2.16. The van der Waals surface area contributed by atoms with Crippen LogP contribution in [-0.4, -0.2) is 36.1 Å². The second kappa shape index (κ2) is 13.3. The fourth-order valence-corrected chi connectivity index (χ4v) is 6.78. The molecule has 6 heteroatoms. The van der Waals surface area contributed by atoms with Gasteiger partial charge >= 0.3 is 0 Å². The van der Waals surface area contributed by atoms with Gasteiger partial charge in [0, 0.05) is 40.9 Å². The summed E-state index contributed by atoms with van der Waals surface area (Å²) in [5, 5.41) is 3.79. The molecule has 2 aromatic heterocycles. The van der Waals surface area contributed by atoms with Gasteiger partial charge in [-0.3, -0.25) is 0 Å². The van der Waals surface area contributed by atoms with Crippen molar-refractivity contribution in [2.75, 3.05) is 31.1 Å². The lowest BCUT2D eigenvalue weighted by Crippen LogP contribution is -3.00. The molecule has 0 unspecified atom stereocenters. The van der Waals surface area contributed by atoms with Crippen LogP contribution in [0.3, 0.4) is 0 Å². The van der Waals surface area contributed by atoms with Crippen molar-refractivity contribution in [1.82, 2.24) is 9.88 Å². The summed E-state index contributed by atoms with van der Waals surface area (Å²) in [5.74, 6) is 0. The van der Waals surface area contributed by atoms with Crippen LogP contribution >= 0.6 is 11.8 Å². The van der Waals surface area contributed by atoms with E-state index in [0.29, 0.717) is 0 Å². The Bertz CT molecular complexity index is 1680. The van der Waals surface area contributed by atoms with Gasteiger partial charge in [0.25, 0.3) is 0 Å². The molecule has 4 nitrogen and oxygen atoms in total. The minimum absolute atomic E-state index is 0. The quantitative estimate of drug-likeness (QED) is 0.177. The van der Waals surface area contributed by atoms with Crippen LogP contribution < -0.4 is 33.4 Å². The van der Waals surface area contributed by atoms with Gasteiger partial charge in [-0.25, -0.2) is 0 Å². The first kappa shape index (κ1) is 29.4. The summed E-state index contributed by atoms with van der Waals surface area (Å²) in [6, 6.07) is 30.5. The SMILES string of the molecule is CCN(CC)CCCN1/C(=C/c2cc(/C=C/c3cc4ccccc4[nH]3)[n+](C)c3ccccc23)Sc2ccccc21.[I-]. The average Bonchev–Trinajstić information content (AvgIpc) is 3.57. The average molecular weight is 673 g/mol. The predicted molar refractivity (Wildman–Crippen MR) is 172 cm³/mol. The van der Waals surface area contributed by atoms with Crippen molar-refractivity contribution in [1.29, 1.82) is 0 Å². The highest BCUT2D eigenvalue weighted by Gasteiger charge is 2.25. The number of hydrogen-bond acceptors (Lipinski definition) is 3. The number of nitrogens with one attached hydrogen (secondary N) is 1. The second-order valence-electron chi connectivity index (χ2n) is 10.3. The Labute approximate surface area is 264 Å². The van der Waals surface area contributed by atoms with Gasteiger partial charge in [0.15, 0.2) is 0 Å². The van der Waals surface area contributed by atoms with E-state index in [4.69, 9.17) is 0 Å². The molecule has 3 aromatic carbocycles. The molecule has 0 radical (unpaired) electrons. The molecule has 1 N–H and O–H groups in total. The number of halogens is 1. The molecule has 0 spiro atoms. The van der Waals surface area contributed by atoms with Crippen LogP contribution in [0.4, 0.5) is 5.69 Å². The molecular weight excluding hydrogens is 635 g/mol. The summed E-state index contributed by atoms with van der Waals surface area (Å²) < 4.78 is 2.29. The Morgan fingerprint density at radius 3 is 2.49 bits per heavy atom. The molecule has 0 saturated carbocycles. The molecule has 0 amide bonds. The van der Waals surface area contributed by atoms with Crippen molar-refractivity contribution in [3.8, 4) is 0 Å². The first-order valence-electron chi connectivity index (χ1n) is 14.3. The Morgan fingerprint density at radius 2 is 1.66 bits per heavy atom. The van der Waals surface area contributed by atoms with Crippen LogP contribution in [0.1, 0.15) is 37.2 Å². The maximum Gasteiger partial charge on any atom is 0.213 e. The zero-order valence-corrected chi connectivity index (χ0v) is 27.0. The molecular formula is C35H37IN4S. The Balaban J connectivity index is 0.00000337.